The van der Waals surface area contributed by atoms with Crippen molar-refractivity contribution < 1.29 is 9.53 Å². The van der Waals surface area contributed by atoms with Crippen LogP contribution in [0.2, 0.25) is 0 Å². The Balaban J connectivity index is 1.57. The summed E-state index contributed by atoms with van der Waals surface area (Å²) in [6.45, 7) is 5.63. The van der Waals surface area contributed by atoms with Crippen molar-refractivity contribution in [2.75, 3.05) is 17.2 Å². The third kappa shape index (κ3) is 4.65. The van der Waals surface area contributed by atoms with Gasteiger partial charge in [-0.2, -0.15) is 0 Å². The second kappa shape index (κ2) is 9.01. The molecule has 1 atom stereocenters. The third-order valence-corrected chi connectivity index (χ3v) is 7.25. The van der Waals surface area contributed by atoms with Crippen molar-refractivity contribution in [1.82, 2.24) is 0 Å². The summed E-state index contributed by atoms with van der Waals surface area (Å²) in [6, 6.07) is 11.7. The molecule has 0 bridgehead atoms. The molecule has 0 saturated carbocycles. The van der Waals surface area contributed by atoms with Gasteiger partial charge in [-0.15, -0.1) is 22.7 Å². The van der Waals surface area contributed by atoms with Gasteiger partial charge in [-0.05, 0) is 73.4 Å². The van der Waals surface area contributed by atoms with Crippen molar-refractivity contribution in [3.63, 3.8) is 0 Å². The molecular formula is C23H26N2O2S2. The molecule has 4 nitrogen and oxygen atoms in total. The van der Waals surface area contributed by atoms with E-state index in [-0.39, 0.29) is 5.91 Å². The Morgan fingerprint density at radius 2 is 2.07 bits per heavy atom. The van der Waals surface area contributed by atoms with E-state index in [0.717, 1.165) is 47.8 Å². The number of thiophene rings is 2. The van der Waals surface area contributed by atoms with Crippen molar-refractivity contribution >= 4 is 39.3 Å². The largest absolute Gasteiger partial charge is 0.494 e. The molecule has 0 spiro atoms. The highest BCUT2D eigenvalue weighted by Gasteiger charge is 2.27. The van der Waals surface area contributed by atoms with Crippen LogP contribution in [0.4, 0.5) is 10.7 Å². The molecule has 0 aliphatic heterocycles. The smallest absolute Gasteiger partial charge is 0.258 e. The Labute approximate surface area is 179 Å². The first-order valence-electron chi connectivity index (χ1n) is 10.1. The first-order chi connectivity index (χ1) is 14.1. The van der Waals surface area contributed by atoms with Gasteiger partial charge in [-0.3, -0.25) is 4.79 Å². The van der Waals surface area contributed by atoms with Crippen molar-refractivity contribution in [2.45, 2.75) is 39.7 Å². The maximum atomic E-state index is 13.2. The Kier molecular flexibility index (Phi) is 6.21. The highest BCUT2D eigenvalue weighted by atomic mass is 32.1. The van der Waals surface area contributed by atoms with Gasteiger partial charge >= 0.3 is 0 Å². The number of benzene rings is 1. The van der Waals surface area contributed by atoms with Crippen LogP contribution < -0.4 is 15.4 Å². The minimum absolute atomic E-state index is 0.0325. The molecule has 1 aromatic carbocycles. The molecule has 152 valence electrons. The van der Waals surface area contributed by atoms with Crippen molar-refractivity contribution in [3.8, 4) is 5.75 Å². The van der Waals surface area contributed by atoms with E-state index in [1.807, 2.05) is 31.2 Å². The molecule has 0 saturated heterocycles. The summed E-state index contributed by atoms with van der Waals surface area (Å²) in [5.74, 6) is 1.45. The van der Waals surface area contributed by atoms with Crippen molar-refractivity contribution in [1.29, 1.82) is 0 Å². The zero-order valence-electron chi connectivity index (χ0n) is 16.8. The lowest BCUT2D eigenvalue weighted by Gasteiger charge is -2.18. The molecule has 2 aromatic heterocycles. The molecule has 4 rings (SSSR count). The fraction of sp³-hybridized carbons (Fsp3) is 0.348. The summed E-state index contributed by atoms with van der Waals surface area (Å²) in [5, 5.41) is 9.68. The molecule has 1 amide bonds. The van der Waals surface area contributed by atoms with E-state index in [2.05, 4.69) is 35.1 Å². The summed E-state index contributed by atoms with van der Waals surface area (Å²) in [6.07, 6.45) is 3.17. The van der Waals surface area contributed by atoms with Crippen LogP contribution in [-0.2, 0) is 19.4 Å². The van der Waals surface area contributed by atoms with Crippen LogP contribution in [0.5, 0.6) is 5.75 Å². The third-order valence-electron chi connectivity index (χ3n) is 5.17. The van der Waals surface area contributed by atoms with Gasteiger partial charge in [0.2, 0.25) is 0 Å². The number of amides is 1. The number of fused-ring (bicyclic) bond motifs is 1. The van der Waals surface area contributed by atoms with Crippen molar-refractivity contribution in [2.24, 2.45) is 5.92 Å². The van der Waals surface area contributed by atoms with E-state index >= 15 is 0 Å². The first-order valence-corrected chi connectivity index (χ1v) is 11.8. The minimum atomic E-state index is -0.0325. The van der Waals surface area contributed by atoms with E-state index in [0.29, 0.717) is 12.5 Å². The van der Waals surface area contributed by atoms with Gasteiger partial charge in [0, 0.05) is 15.4 Å². The fourth-order valence-electron chi connectivity index (χ4n) is 3.69. The monoisotopic (exact) mass is 426 g/mol. The van der Waals surface area contributed by atoms with Gasteiger partial charge in [0.05, 0.1) is 18.7 Å². The minimum Gasteiger partial charge on any atom is -0.494 e. The fourth-order valence-corrected chi connectivity index (χ4v) is 5.74. The SMILES string of the molecule is CCOc1ccc(NC(=O)c2c(NCc3cccs3)sc3c2CC[C@@H](C)C3)cc1. The Morgan fingerprint density at radius 1 is 1.24 bits per heavy atom. The maximum Gasteiger partial charge on any atom is 0.258 e. The van der Waals surface area contributed by atoms with Crippen LogP contribution in [-0.4, -0.2) is 12.5 Å². The van der Waals surface area contributed by atoms with E-state index in [9.17, 15) is 4.79 Å². The van der Waals surface area contributed by atoms with Gasteiger partial charge in [0.15, 0.2) is 0 Å². The highest BCUT2D eigenvalue weighted by molar-refractivity contribution is 7.16. The standard InChI is InChI=1S/C23H26N2O2S2/c1-3-27-17-9-7-16(8-10-17)25-22(26)21-19-11-6-15(2)13-20(19)29-23(21)24-14-18-5-4-12-28-18/h4-5,7-10,12,15,24H,3,6,11,13-14H2,1-2H3,(H,25,26)/t15-/m1/s1. The summed E-state index contributed by atoms with van der Waals surface area (Å²) in [7, 11) is 0. The molecule has 29 heavy (non-hydrogen) atoms. The second-order valence-electron chi connectivity index (χ2n) is 7.40. The quantitative estimate of drug-likeness (QED) is 0.473. The summed E-state index contributed by atoms with van der Waals surface area (Å²) in [5.41, 5.74) is 2.83. The molecule has 2 N–H and O–H groups in total. The highest BCUT2D eigenvalue weighted by Crippen LogP contribution is 2.40. The average molecular weight is 427 g/mol. The van der Waals surface area contributed by atoms with E-state index in [1.165, 1.54) is 15.3 Å². The Morgan fingerprint density at radius 3 is 2.79 bits per heavy atom. The topological polar surface area (TPSA) is 50.4 Å². The lowest BCUT2D eigenvalue weighted by atomic mass is 9.88. The lowest BCUT2D eigenvalue weighted by Crippen LogP contribution is -2.17. The average Bonchev–Trinajstić information content (AvgIpc) is 3.35. The molecule has 0 radical (unpaired) electrons. The summed E-state index contributed by atoms with van der Waals surface area (Å²) in [4.78, 5) is 15.9. The molecule has 0 fully saturated rings. The van der Waals surface area contributed by atoms with Crippen LogP contribution in [0.15, 0.2) is 41.8 Å². The molecule has 0 unspecified atom stereocenters. The van der Waals surface area contributed by atoms with Crippen LogP contribution in [0.1, 0.15) is 45.9 Å². The Bertz CT molecular complexity index is 962. The number of anilines is 2. The van der Waals surface area contributed by atoms with Crippen molar-refractivity contribution in [3.05, 3.63) is 62.7 Å². The predicted molar refractivity (Wildman–Crippen MR) is 123 cm³/mol. The molecule has 1 aliphatic carbocycles. The zero-order chi connectivity index (χ0) is 20.2. The van der Waals surface area contributed by atoms with E-state index < -0.39 is 0 Å². The second-order valence-corrected chi connectivity index (χ2v) is 9.54. The van der Waals surface area contributed by atoms with Crippen LogP contribution >= 0.6 is 22.7 Å². The number of rotatable bonds is 7. The van der Waals surface area contributed by atoms with Crippen LogP contribution in [0.3, 0.4) is 0 Å². The number of carbonyl (C=O) groups excluding carboxylic acids is 1. The van der Waals surface area contributed by atoms with Gasteiger partial charge < -0.3 is 15.4 Å². The lowest BCUT2D eigenvalue weighted by molar-refractivity contribution is 0.102. The van der Waals surface area contributed by atoms with Gasteiger partial charge in [0.1, 0.15) is 10.8 Å². The molecule has 2 heterocycles. The summed E-state index contributed by atoms with van der Waals surface area (Å²) < 4.78 is 5.49. The number of hydrogen-bond donors (Lipinski definition) is 2. The molecule has 6 heteroatoms. The maximum absolute atomic E-state index is 13.2. The number of hydrogen-bond acceptors (Lipinski definition) is 5. The first kappa shape index (κ1) is 20.0. The number of carbonyl (C=O) groups is 1. The van der Waals surface area contributed by atoms with Crippen LogP contribution in [0, 0.1) is 5.92 Å². The number of nitrogens with one attached hydrogen (secondary N) is 2. The zero-order valence-corrected chi connectivity index (χ0v) is 18.4. The van der Waals surface area contributed by atoms with E-state index in [4.69, 9.17) is 4.74 Å². The molecule has 1 aliphatic rings. The van der Waals surface area contributed by atoms with Gasteiger partial charge in [0.25, 0.3) is 5.91 Å². The predicted octanol–water partition coefficient (Wildman–Crippen LogP) is 6.20. The number of ether oxygens (including phenoxy) is 1. The summed E-state index contributed by atoms with van der Waals surface area (Å²) >= 11 is 3.48. The normalized spacial score (nSPS) is 15.6. The van der Waals surface area contributed by atoms with Gasteiger partial charge in [-0.25, -0.2) is 0 Å². The molecular weight excluding hydrogens is 400 g/mol. The Hall–Kier alpha value is -2.31. The van der Waals surface area contributed by atoms with E-state index in [1.54, 1.807) is 22.7 Å². The van der Waals surface area contributed by atoms with Crippen LogP contribution in [0.25, 0.3) is 0 Å². The molecule has 3 aromatic rings. The van der Waals surface area contributed by atoms with Gasteiger partial charge in [-0.1, -0.05) is 13.0 Å².